The van der Waals surface area contributed by atoms with Gasteiger partial charge in [-0.2, -0.15) is 9.19 Å². The van der Waals surface area contributed by atoms with E-state index in [2.05, 4.69) is 5.10 Å². The summed E-state index contributed by atoms with van der Waals surface area (Å²) < 4.78 is 25.0. The summed E-state index contributed by atoms with van der Waals surface area (Å²) in [5.74, 6) is 0.0400. The maximum absolute atomic E-state index is 12.0. The quantitative estimate of drug-likeness (QED) is 0.870. The number of aliphatic hydroxyl groups is 1. The van der Waals surface area contributed by atoms with Gasteiger partial charge in [0.25, 0.3) is 10.0 Å². The van der Waals surface area contributed by atoms with Crippen LogP contribution in [0.25, 0.3) is 11.1 Å². The second-order valence-corrected chi connectivity index (χ2v) is 7.37. The first-order valence-corrected chi connectivity index (χ1v) is 8.08. The van der Waals surface area contributed by atoms with Gasteiger partial charge in [-0.1, -0.05) is 6.07 Å². The van der Waals surface area contributed by atoms with Crippen molar-refractivity contribution in [2.45, 2.75) is 25.5 Å². The molecule has 0 saturated heterocycles. The molecule has 0 aliphatic heterocycles. The molecule has 1 aromatic heterocycles. The lowest BCUT2D eigenvalue weighted by molar-refractivity contribution is 0.299. The largest absolute Gasteiger partial charge is 0.507 e. The molecule has 0 amide bonds. The van der Waals surface area contributed by atoms with Crippen molar-refractivity contribution in [1.29, 1.82) is 0 Å². The zero-order valence-corrected chi connectivity index (χ0v) is 12.7. The summed E-state index contributed by atoms with van der Waals surface area (Å²) in [7, 11) is -3.51. The van der Waals surface area contributed by atoms with Gasteiger partial charge in [0, 0.05) is 17.7 Å². The summed E-state index contributed by atoms with van der Waals surface area (Å²) in [5.41, 5.74) is 1.85. The van der Waals surface area contributed by atoms with E-state index in [9.17, 15) is 13.5 Å². The highest BCUT2D eigenvalue weighted by atomic mass is 32.2. The number of aliphatic hydroxyl groups excluding tert-OH is 1. The van der Waals surface area contributed by atoms with Gasteiger partial charge >= 0.3 is 0 Å². The molecule has 2 aromatic rings. The van der Waals surface area contributed by atoms with Gasteiger partial charge in [0.15, 0.2) is 0 Å². The van der Waals surface area contributed by atoms with E-state index >= 15 is 0 Å². The summed E-state index contributed by atoms with van der Waals surface area (Å²) in [5, 5.41) is 22.2. The molecule has 0 atom stereocenters. The monoisotopic (exact) mass is 310 g/mol. The third kappa shape index (κ3) is 3.08. The molecule has 0 radical (unpaired) electrons. The van der Waals surface area contributed by atoms with Crippen molar-refractivity contribution >= 4 is 10.0 Å². The summed E-state index contributed by atoms with van der Waals surface area (Å²) in [6, 6.07) is 4.95. The van der Waals surface area contributed by atoms with Crippen molar-refractivity contribution in [1.82, 2.24) is 9.19 Å². The van der Waals surface area contributed by atoms with Crippen LogP contribution in [0.2, 0.25) is 0 Å². The van der Waals surface area contributed by atoms with Gasteiger partial charge < -0.3 is 10.2 Å². The Bertz CT molecular complexity index is 735. The topological polar surface area (TPSA) is 92.4 Å². The van der Waals surface area contributed by atoms with E-state index in [1.165, 1.54) is 18.5 Å². The number of benzene rings is 1. The Labute approximate surface area is 123 Å². The van der Waals surface area contributed by atoms with Crippen LogP contribution in [0.1, 0.15) is 19.4 Å². The fourth-order valence-corrected chi connectivity index (χ4v) is 2.77. The Kier molecular flexibility index (Phi) is 4.34. The summed E-state index contributed by atoms with van der Waals surface area (Å²) in [6.07, 6.45) is 3.25. The highest BCUT2D eigenvalue weighted by molar-refractivity contribution is 7.90. The van der Waals surface area contributed by atoms with E-state index in [0.29, 0.717) is 17.5 Å². The number of phenols is 1. The van der Waals surface area contributed by atoms with E-state index in [-0.39, 0.29) is 12.4 Å². The predicted octanol–water partition coefficient (Wildman–Crippen LogP) is 1.38. The van der Waals surface area contributed by atoms with Crippen LogP contribution in [-0.2, 0) is 16.4 Å². The standard InChI is InChI=1S/C14H18N2O4S/c1-10(2)21(19,20)16-9-12(8-15-16)13-7-11(5-6-17)3-4-14(13)18/h3-4,7-10,17-18H,5-6H2,1-2H3. The number of aromatic nitrogens is 2. The van der Waals surface area contributed by atoms with Crippen LogP contribution in [-0.4, -0.2) is 39.7 Å². The molecule has 0 spiro atoms. The van der Waals surface area contributed by atoms with Gasteiger partial charge in [-0.25, -0.2) is 8.42 Å². The Morgan fingerprint density at radius 1 is 1.33 bits per heavy atom. The first-order chi connectivity index (χ1) is 9.86. The molecular weight excluding hydrogens is 292 g/mol. The summed E-state index contributed by atoms with van der Waals surface area (Å²) >= 11 is 0. The molecule has 0 unspecified atom stereocenters. The van der Waals surface area contributed by atoms with Gasteiger partial charge in [0.1, 0.15) is 5.75 Å². The second-order valence-electron chi connectivity index (χ2n) is 5.02. The van der Waals surface area contributed by atoms with Crippen LogP contribution in [0.15, 0.2) is 30.6 Å². The molecule has 0 aliphatic carbocycles. The zero-order valence-electron chi connectivity index (χ0n) is 11.9. The number of aromatic hydroxyl groups is 1. The Balaban J connectivity index is 2.45. The first kappa shape index (κ1) is 15.5. The molecule has 114 valence electrons. The second kappa shape index (κ2) is 5.87. The van der Waals surface area contributed by atoms with Crippen molar-refractivity contribution in [2.75, 3.05) is 6.61 Å². The zero-order chi connectivity index (χ0) is 15.6. The molecule has 6 nitrogen and oxygen atoms in total. The number of hydrogen-bond donors (Lipinski definition) is 2. The maximum Gasteiger partial charge on any atom is 0.256 e. The fraction of sp³-hybridized carbons (Fsp3) is 0.357. The molecule has 7 heteroatoms. The van der Waals surface area contributed by atoms with Gasteiger partial charge in [-0.15, -0.1) is 0 Å². The minimum Gasteiger partial charge on any atom is -0.507 e. The van der Waals surface area contributed by atoms with Gasteiger partial charge in [0.2, 0.25) is 0 Å². The fourth-order valence-electron chi connectivity index (χ4n) is 1.90. The highest BCUT2D eigenvalue weighted by Crippen LogP contribution is 2.30. The minimum atomic E-state index is -3.51. The average Bonchev–Trinajstić information content (AvgIpc) is 2.91. The average molecular weight is 310 g/mol. The van der Waals surface area contributed by atoms with Crippen molar-refractivity contribution in [3.8, 4) is 16.9 Å². The Morgan fingerprint density at radius 3 is 2.67 bits per heavy atom. The van der Waals surface area contributed by atoms with E-state index in [1.807, 2.05) is 0 Å². The SMILES string of the molecule is CC(C)S(=O)(=O)n1cc(-c2cc(CCO)ccc2O)cn1. The molecule has 0 aliphatic rings. The normalized spacial score (nSPS) is 12.0. The smallest absolute Gasteiger partial charge is 0.256 e. The number of hydrogen-bond acceptors (Lipinski definition) is 5. The van der Waals surface area contributed by atoms with Crippen molar-refractivity contribution in [3.63, 3.8) is 0 Å². The molecule has 0 bridgehead atoms. The molecule has 1 heterocycles. The Hall–Kier alpha value is -1.86. The van der Waals surface area contributed by atoms with Crippen LogP contribution in [0.5, 0.6) is 5.75 Å². The van der Waals surface area contributed by atoms with Gasteiger partial charge in [0.05, 0.1) is 17.6 Å². The van der Waals surface area contributed by atoms with Crippen LogP contribution in [0.4, 0.5) is 0 Å². The molecule has 2 N–H and O–H groups in total. The Morgan fingerprint density at radius 2 is 2.05 bits per heavy atom. The van der Waals surface area contributed by atoms with Crippen LogP contribution in [0.3, 0.4) is 0 Å². The predicted molar refractivity (Wildman–Crippen MR) is 79.6 cm³/mol. The van der Waals surface area contributed by atoms with E-state index in [0.717, 1.165) is 9.65 Å². The van der Waals surface area contributed by atoms with E-state index in [1.54, 1.807) is 26.0 Å². The number of rotatable bonds is 5. The van der Waals surface area contributed by atoms with E-state index < -0.39 is 15.3 Å². The molecule has 21 heavy (non-hydrogen) atoms. The third-order valence-electron chi connectivity index (χ3n) is 3.19. The lowest BCUT2D eigenvalue weighted by atomic mass is 10.0. The molecular formula is C14H18N2O4S. The van der Waals surface area contributed by atoms with Crippen molar-refractivity contribution < 1.29 is 18.6 Å². The van der Waals surface area contributed by atoms with Crippen LogP contribution < -0.4 is 0 Å². The van der Waals surface area contributed by atoms with Gasteiger partial charge in [-0.3, -0.25) is 0 Å². The van der Waals surface area contributed by atoms with Crippen molar-refractivity contribution in [3.05, 3.63) is 36.2 Å². The molecule has 1 aromatic carbocycles. The van der Waals surface area contributed by atoms with Crippen LogP contribution >= 0.6 is 0 Å². The minimum absolute atomic E-state index is 0.00516. The summed E-state index contributed by atoms with van der Waals surface area (Å²) in [6.45, 7) is 3.16. The maximum atomic E-state index is 12.0. The molecule has 0 fully saturated rings. The van der Waals surface area contributed by atoms with Crippen LogP contribution in [0, 0.1) is 0 Å². The first-order valence-electron chi connectivity index (χ1n) is 6.58. The lowest BCUT2D eigenvalue weighted by Crippen LogP contribution is -2.22. The molecule has 0 saturated carbocycles. The number of phenolic OH excluding ortho intramolecular Hbond substituents is 1. The molecule has 2 rings (SSSR count). The number of nitrogens with zero attached hydrogens (tertiary/aromatic N) is 2. The third-order valence-corrected chi connectivity index (χ3v) is 5.10. The van der Waals surface area contributed by atoms with Gasteiger partial charge in [-0.05, 0) is 38.0 Å². The summed E-state index contributed by atoms with van der Waals surface area (Å²) in [4.78, 5) is 0. The van der Waals surface area contributed by atoms with Crippen molar-refractivity contribution in [2.24, 2.45) is 0 Å². The lowest BCUT2D eigenvalue weighted by Gasteiger charge is -2.07. The van der Waals surface area contributed by atoms with E-state index in [4.69, 9.17) is 5.11 Å². The highest BCUT2D eigenvalue weighted by Gasteiger charge is 2.20.